The minimum absolute atomic E-state index is 0.262. The Bertz CT molecular complexity index is 870. The lowest BCUT2D eigenvalue weighted by atomic mass is 10.0. The zero-order chi connectivity index (χ0) is 18.7. The Morgan fingerprint density at radius 1 is 1.35 bits per heavy atom. The highest BCUT2D eigenvalue weighted by molar-refractivity contribution is 7.19. The Morgan fingerprint density at radius 2 is 2.08 bits per heavy atom. The molecule has 1 fully saturated rings. The molecule has 0 unspecified atom stereocenters. The van der Waals surface area contributed by atoms with Gasteiger partial charge in [-0.2, -0.15) is 0 Å². The number of rotatable bonds is 4. The molecule has 136 valence electrons. The van der Waals surface area contributed by atoms with Crippen molar-refractivity contribution in [3.63, 3.8) is 0 Å². The van der Waals surface area contributed by atoms with Crippen LogP contribution in [0.5, 0.6) is 0 Å². The topological polar surface area (TPSA) is 43.1 Å². The Kier molecular flexibility index (Phi) is 6.05. The highest BCUT2D eigenvalue weighted by Gasteiger charge is 2.28. The molecule has 1 aliphatic rings. The van der Waals surface area contributed by atoms with Crippen LogP contribution in [0.4, 0.5) is 10.7 Å². The third-order valence-electron chi connectivity index (χ3n) is 3.94. The van der Waals surface area contributed by atoms with E-state index in [0.717, 1.165) is 5.00 Å². The van der Waals surface area contributed by atoms with Crippen LogP contribution in [0.25, 0.3) is 16.0 Å². The van der Waals surface area contributed by atoms with Crippen LogP contribution in [0, 0.1) is 6.57 Å². The molecule has 0 radical (unpaired) electrons. The number of carbonyl (C=O) groups excluding carboxylic acids is 1. The van der Waals surface area contributed by atoms with E-state index in [1.807, 2.05) is 0 Å². The average Bonchev–Trinajstić information content (AvgIpc) is 3.04. The smallest absolute Gasteiger partial charge is 0.347 e. The van der Waals surface area contributed by atoms with Gasteiger partial charge in [-0.1, -0.05) is 29.3 Å². The fourth-order valence-electron chi connectivity index (χ4n) is 2.75. The molecule has 3 rings (SSSR count). The van der Waals surface area contributed by atoms with Gasteiger partial charge in [-0.3, -0.25) is 0 Å². The Labute approximate surface area is 165 Å². The standard InChI is InChI=1S/C18H16Cl2N2O3S/c1-3-25-18(23)16-14(11-4-5-12(19)13(20)10-11)15(21-2)17(26-16)22-6-8-24-9-7-22/h4-5,10H,3,6-9H2,1H3. The SMILES string of the molecule is [C-]#[N+]c1c(N2CCOCC2)sc(C(=O)OCC)c1-c1ccc(Cl)c(Cl)c1. The first-order valence-electron chi connectivity index (χ1n) is 8.06. The highest BCUT2D eigenvalue weighted by atomic mass is 35.5. The molecule has 5 nitrogen and oxygen atoms in total. The van der Waals surface area contributed by atoms with Crippen molar-refractivity contribution in [3.05, 3.63) is 44.5 Å². The number of thiophene rings is 1. The van der Waals surface area contributed by atoms with Gasteiger partial charge in [0.25, 0.3) is 0 Å². The van der Waals surface area contributed by atoms with E-state index in [0.29, 0.717) is 58.0 Å². The molecule has 0 saturated carbocycles. The first-order valence-corrected chi connectivity index (χ1v) is 9.63. The van der Waals surface area contributed by atoms with Gasteiger partial charge in [0.1, 0.15) is 4.88 Å². The van der Waals surface area contributed by atoms with Crippen LogP contribution in [0.2, 0.25) is 10.0 Å². The van der Waals surface area contributed by atoms with Gasteiger partial charge in [0.05, 0.1) is 41.4 Å². The first-order chi connectivity index (χ1) is 12.6. The lowest BCUT2D eigenvalue weighted by Crippen LogP contribution is -2.35. The lowest BCUT2D eigenvalue weighted by molar-refractivity contribution is 0.0533. The molecule has 0 amide bonds. The third-order valence-corrected chi connectivity index (χ3v) is 5.90. The lowest BCUT2D eigenvalue weighted by Gasteiger charge is -2.28. The largest absolute Gasteiger partial charge is 0.462 e. The minimum Gasteiger partial charge on any atom is -0.462 e. The number of hydrogen-bond donors (Lipinski definition) is 0. The van der Waals surface area contributed by atoms with Crippen LogP contribution in [0.15, 0.2) is 18.2 Å². The van der Waals surface area contributed by atoms with E-state index < -0.39 is 5.97 Å². The summed E-state index contributed by atoms with van der Waals surface area (Å²) >= 11 is 13.5. The van der Waals surface area contributed by atoms with Gasteiger partial charge in [0.15, 0.2) is 0 Å². The summed E-state index contributed by atoms with van der Waals surface area (Å²) in [6.45, 7) is 12.2. The number of ether oxygens (including phenoxy) is 2. The number of halogens is 2. The maximum Gasteiger partial charge on any atom is 0.347 e. The molecule has 2 heterocycles. The Morgan fingerprint density at radius 3 is 2.69 bits per heavy atom. The van der Waals surface area contributed by atoms with Crippen molar-refractivity contribution in [2.45, 2.75) is 6.92 Å². The molecule has 1 aliphatic heterocycles. The van der Waals surface area contributed by atoms with Crippen molar-refractivity contribution in [1.29, 1.82) is 0 Å². The highest BCUT2D eigenvalue weighted by Crippen LogP contribution is 2.49. The number of hydrogen-bond acceptors (Lipinski definition) is 5. The summed E-state index contributed by atoms with van der Waals surface area (Å²) in [4.78, 5) is 18.7. The fourth-order valence-corrected chi connectivity index (χ4v) is 4.26. The minimum atomic E-state index is -0.442. The molecule has 1 saturated heterocycles. The maximum absolute atomic E-state index is 12.5. The average molecular weight is 411 g/mol. The summed E-state index contributed by atoms with van der Waals surface area (Å²) in [7, 11) is 0. The van der Waals surface area contributed by atoms with Crippen LogP contribution >= 0.6 is 34.5 Å². The predicted octanol–water partition coefficient (Wildman–Crippen LogP) is 5.29. The molecule has 0 aliphatic carbocycles. The number of morpholine rings is 1. The third kappa shape index (κ3) is 3.67. The second kappa shape index (κ2) is 8.28. The van der Waals surface area contributed by atoms with Gasteiger partial charge >= 0.3 is 5.97 Å². The van der Waals surface area contributed by atoms with Gasteiger partial charge in [0, 0.05) is 18.7 Å². The van der Waals surface area contributed by atoms with Crippen molar-refractivity contribution in [1.82, 2.24) is 0 Å². The maximum atomic E-state index is 12.5. The second-order valence-electron chi connectivity index (χ2n) is 5.52. The molecule has 0 atom stereocenters. The van der Waals surface area contributed by atoms with E-state index >= 15 is 0 Å². The fraction of sp³-hybridized carbons (Fsp3) is 0.333. The van der Waals surface area contributed by atoms with E-state index in [4.69, 9.17) is 39.2 Å². The van der Waals surface area contributed by atoms with Crippen LogP contribution in [-0.2, 0) is 9.47 Å². The number of benzene rings is 1. The van der Waals surface area contributed by atoms with E-state index in [1.165, 1.54) is 11.3 Å². The summed E-state index contributed by atoms with van der Waals surface area (Å²) in [5.74, 6) is -0.442. The predicted molar refractivity (Wildman–Crippen MR) is 105 cm³/mol. The quantitative estimate of drug-likeness (QED) is 0.507. The summed E-state index contributed by atoms with van der Waals surface area (Å²) in [5.41, 5.74) is 1.64. The zero-order valence-electron chi connectivity index (χ0n) is 14.1. The second-order valence-corrected chi connectivity index (χ2v) is 7.33. The van der Waals surface area contributed by atoms with Crippen molar-refractivity contribution in [2.75, 3.05) is 37.8 Å². The summed E-state index contributed by atoms with van der Waals surface area (Å²) in [5, 5.41) is 1.54. The van der Waals surface area contributed by atoms with Crippen LogP contribution in [0.1, 0.15) is 16.6 Å². The Balaban J connectivity index is 2.18. The van der Waals surface area contributed by atoms with Crippen LogP contribution < -0.4 is 4.90 Å². The number of carbonyl (C=O) groups is 1. The number of anilines is 1. The van der Waals surface area contributed by atoms with Crippen LogP contribution in [-0.4, -0.2) is 38.9 Å². The van der Waals surface area contributed by atoms with Crippen LogP contribution in [0.3, 0.4) is 0 Å². The first kappa shape index (κ1) is 19.0. The van der Waals surface area contributed by atoms with Gasteiger partial charge < -0.3 is 14.4 Å². The molecule has 0 bridgehead atoms. The summed E-state index contributed by atoms with van der Waals surface area (Å²) in [6, 6.07) is 5.09. The van der Waals surface area contributed by atoms with E-state index in [9.17, 15) is 4.79 Å². The molecule has 0 N–H and O–H groups in total. The molecule has 26 heavy (non-hydrogen) atoms. The van der Waals surface area contributed by atoms with Gasteiger partial charge in [-0.15, -0.1) is 11.3 Å². The molecule has 8 heteroatoms. The Hall–Kier alpha value is -1.78. The van der Waals surface area contributed by atoms with E-state index in [-0.39, 0.29) is 6.61 Å². The van der Waals surface area contributed by atoms with Crippen molar-refractivity contribution in [3.8, 4) is 11.1 Å². The van der Waals surface area contributed by atoms with E-state index in [1.54, 1.807) is 25.1 Å². The zero-order valence-corrected chi connectivity index (χ0v) is 16.4. The molecule has 2 aromatic rings. The molecular formula is C18H16Cl2N2O3S. The van der Waals surface area contributed by atoms with Gasteiger partial charge in [-0.05, 0) is 24.6 Å². The van der Waals surface area contributed by atoms with Gasteiger partial charge in [-0.25, -0.2) is 9.64 Å². The molecule has 0 spiro atoms. The molecular weight excluding hydrogens is 395 g/mol. The molecule has 1 aromatic heterocycles. The van der Waals surface area contributed by atoms with Gasteiger partial charge in [0.2, 0.25) is 5.69 Å². The monoisotopic (exact) mass is 410 g/mol. The normalized spacial score (nSPS) is 14.2. The van der Waals surface area contributed by atoms with Crippen molar-refractivity contribution >= 4 is 51.2 Å². The van der Waals surface area contributed by atoms with Crippen molar-refractivity contribution < 1.29 is 14.3 Å². The van der Waals surface area contributed by atoms with E-state index in [2.05, 4.69) is 9.74 Å². The van der Waals surface area contributed by atoms with Crippen molar-refractivity contribution in [2.24, 2.45) is 0 Å². The number of esters is 1. The molecule has 1 aromatic carbocycles. The summed E-state index contributed by atoms with van der Waals surface area (Å²) in [6.07, 6.45) is 0. The number of nitrogens with zero attached hydrogens (tertiary/aromatic N) is 2. The summed E-state index contributed by atoms with van der Waals surface area (Å²) < 4.78 is 10.6.